The highest BCUT2D eigenvalue weighted by molar-refractivity contribution is 5.90. The van der Waals surface area contributed by atoms with Gasteiger partial charge in [0.1, 0.15) is 0 Å². The van der Waals surface area contributed by atoms with Crippen LogP contribution in [-0.2, 0) is 20.7 Å². The van der Waals surface area contributed by atoms with Gasteiger partial charge in [0, 0.05) is 13.0 Å². The molecule has 1 fully saturated rings. The standard InChI is InChI=1S/C15H20N2O4/c18-14(7-6-13-3-1-2-8-21-13)17-12-5-4-11(16-10-12)9-15(19)20/h4-5,10,13H,1-3,6-9H2,(H,17,18)(H,19,20). The molecule has 2 N–H and O–H groups in total. The lowest BCUT2D eigenvalue weighted by atomic mass is 10.0. The molecule has 6 heteroatoms. The van der Waals surface area contributed by atoms with E-state index in [-0.39, 0.29) is 18.4 Å². The van der Waals surface area contributed by atoms with Gasteiger partial charge in [-0.1, -0.05) is 0 Å². The number of pyridine rings is 1. The number of aromatic nitrogens is 1. The van der Waals surface area contributed by atoms with Crippen LogP contribution < -0.4 is 5.32 Å². The summed E-state index contributed by atoms with van der Waals surface area (Å²) in [4.78, 5) is 26.4. The van der Waals surface area contributed by atoms with Crippen molar-refractivity contribution in [2.24, 2.45) is 0 Å². The minimum absolute atomic E-state index is 0.0723. The summed E-state index contributed by atoms with van der Waals surface area (Å²) in [5.74, 6) is -0.997. The van der Waals surface area contributed by atoms with Crippen LogP contribution in [0.2, 0.25) is 0 Å². The van der Waals surface area contributed by atoms with Crippen LogP contribution >= 0.6 is 0 Å². The highest BCUT2D eigenvalue weighted by Gasteiger charge is 2.15. The first-order chi connectivity index (χ1) is 10.1. The zero-order chi connectivity index (χ0) is 15.1. The lowest BCUT2D eigenvalue weighted by molar-refractivity contribution is -0.136. The van der Waals surface area contributed by atoms with Crippen molar-refractivity contribution in [3.05, 3.63) is 24.0 Å². The van der Waals surface area contributed by atoms with Gasteiger partial charge in [-0.05, 0) is 37.8 Å². The number of aliphatic carboxylic acids is 1. The highest BCUT2D eigenvalue weighted by Crippen LogP contribution is 2.17. The smallest absolute Gasteiger partial charge is 0.309 e. The summed E-state index contributed by atoms with van der Waals surface area (Å²) in [6.07, 6.45) is 6.01. The molecular weight excluding hydrogens is 272 g/mol. The lowest BCUT2D eigenvalue weighted by Gasteiger charge is -2.22. The molecule has 1 aromatic heterocycles. The van der Waals surface area contributed by atoms with Crippen molar-refractivity contribution >= 4 is 17.6 Å². The van der Waals surface area contributed by atoms with Gasteiger partial charge in [-0.25, -0.2) is 0 Å². The SMILES string of the molecule is O=C(O)Cc1ccc(NC(=O)CCC2CCCCO2)cn1. The molecule has 1 amide bonds. The van der Waals surface area contributed by atoms with Gasteiger partial charge < -0.3 is 15.2 Å². The third-order valence-corrected chi connectivity index (χ3v) is 3.41. The van der Waals surface area contributed by atoms with E-state index in [9.17, 15) is 9.59 Å². The number of nitrogens with zero attached hydrogens (tertiary/aromatic N) is 1. The summed E-state index contributed by atoms with van der Waals surface area (Å²) >= 11 is 0. The van der Waals surface area contributed by atoms with Gasteiger partial charge in [0.2, 0.25) is 5.91 Å². The van der Waals surface area contributed by atoms with Gasteiger partial charge >= 0.3 is 5.97 Å². The number of nitrogens with one attached hydrogen (secondary N) is 1. The Balaban J connectivity index is 1.75. The van der Waals surface area contributed by atoms with Crippen LogP contribution in [0, 0.1) is 0 Å². The van der Waals surface area contributed by atoms with Gasteiger partial charge in [0.15, 0.2) is 0 Å². The molecule has 1 aromatic rings. The van der Waals surface area contributed by atoms with Gasteiger partial charge in [0.05, 0.1) is 30.1 Å². The molecule has 114 valence electrons. The normalized spacial score (nSPS) is 18.2. The van der Waals surface area contributed by atoms with E-state index < -0.39 is 5.97 Å². The Bertz CT molecular complexity index is 481. The predicted molar refractivity (Wildman–Crippen MR) is 77.0 cm³/mol. The van der Waals surface area contributed by atoms with Crippen LogP contribution in [-0.4, -0.2) is 34.7 Å². The maximum Gasteiger partial charge on any atom is 0.309 e. The van der Waals surface area contributed by atoms with Crippen LogP contribution in [0.5, 0.6) is 0 Å². The second kappa shape index (κ2) is 7.73. The van der Waals surface area contributed by atoms with Crippen molar-refractivity contribution in [1.82, 2.24) is 4.98 Å². The Morgan fingerprint density at radius 3 is 2.86 bits per heavy atom. The van der Waals surface area contributed by atoms with Gasteiger partial charge in [-0.3, -0.25) is 14.6 Å². The Hall–Kier alpha value is -1.95. The molecule has 1 atom stereocenters. The zero-order valence-electron chi connectivity index (χ0n) is 11.9. The second-order valence-corrected chi connectivity index (χ2v) is 5.18. The molecule has 2 rings (SSSR count). The Morgan fingerprint density at radius 1 is 1.38 bits per heavy atom. The number of carbonyl (C=O) groups is 2. The third kappa shape index (κ3) is 5.51. The lowest BCUT2D eigenvalue weighted by Crippen LogP contribution is -2.21. The van der Waals surface area contributed by atoms with Crippen LogP contribution in [0.1, 0.15) is 37.8 Å². The number of hydrogen-bond donors (Lipinski definition) is 2. The van der Waals surface area contributed by atoms with Crippen LogP contribution in [0.25, 0.3) is 0 Å². The van der Waals surface area contributed by atoms with Gasteiger partial charge in [-0.2, -0.15) is 0 Å². The first-order valence-electron chi connectivity index (χ1n) is 7.21. The molecule has 21 heavy (non-hydrogen) atoms. The van der Waals surface area contributed by atoms with E-state index in [1.54, 1.807) is 12.1 Å². The van der Waals surface area contributed by atoms with E-state index in [1.165, 1.54) is 12.6 Å². The molecule has 0 aromatic carbocycles. The van der Waals surface area contributed by atoms with Crippen LogP contribution in [0.4, 0.5) is 5.69 Å². The quantitative estimate of drug-likeness (QED) is 0.837. The molecular formula is C15H20N2O4. The zero-order valence-corrected chi connectivity index (χ0v) is 11.9. The summed E-state index contributed by atoms with van der Waals surface area (Å²) in [6.45, 7) is 0.793. The molecule has 0 aliphatic carbocycles. The highest BCUT2D eigenvalue weighted by atomic mass is 16.5. The number of carbonyl (C=O) groups excluding carboxylic acids is 1. The summed E-state index contributed by atoms with van der Waals surface area (Å²) < 4.78 is 5.58. The average Bonchev–Trinajstić information content (AvgIpc) is 2.48. The van der Waals surface area contributed by atoms with E-state index in [4.69, 9.17) is 9.84 Å². The fourth-order valence-corrected chi connectivity index (χ4v) is 2.31. The van der Waals surface area contributed by atoms with E-state index in [0.717, 1.165) is 25.9 Å². The Kier molecular flexibility index (Phi) is 5.68. The van der Waals surface area contributed by atoms with Crippen molar-refractivity contribution in [2.45, 2.75) is 44.6 Å². The monoisotopic (exact) mass is 292 g/mol. The fourth-order valence-electron chi connectivity index (χ4n) is 2.31. The first-order valence-corrected chi connectivity index (χ1v) is 7.21. The molecule has 1 saturated heterocycles. The molecule has 0 spiro atoms. The van der Waals surface area contributed by atoms with E-state index in [0.29, 0.717) is 17.8 Å². The number of carboxylic acids is 1. The third-order valence-electron chi connectivity index (χ3n) is 3.41. The van der Waals surface area contributed by atoms with Crippen LogP contribution in [0.15, 0.2) is 18.3 Å². The minimum atomic E-state index is -0.924. The van der Waals surface area contributed by atoms with Crippen molar-refractivity contribution in [2.75, 3.05) is 11.9 Å². The van der Waals surface area contributed by atoms with Gasteiger partial charge in [0.25, 0.3) is 0 Å². The van der Waals surface area contributed by atoms with Crippen molar-refractivity contribution in [3.63, 3.8) is 0 Å². The van der Waals surface area contributed by atoms with Gasteiger partial charge in [-0.15, -0.1) is 0 Å². The molecule has 1 unspecified atom stereocenters. The molecule has 0 bridgehead atoms. The Morgan fingerprint density at radius 2 is 2.24 bits per heavy atom. The van der Waals surface area contributed by atoms with Crippen molar-refractivity contribution in [1.29, 1.82) is 0 Å². The molecule has 6 nitrogen and oxygen atoms in total. The van der Waals surface area contributed by atoms with E-state index >= 15 is 0 Å². The number of amides is 1. The molecule has 1 aliphatic heterocycles. The number of ether oxygens (including phenoxy) is 1. The van der Waals surface area contributed by atoms with E-state index in [2.05, 4.69) is 10.3 Å². The minimum Gasteiger partial charge on any atom is -0.481 e. The fraction of sp³-hybridized carbons (Fsp3) is 0.533. The number of carboxylic acid groups (broad SMARTS) is 1. The van der Waals surface area contributed by atoms with Crippen LogP contribution in [0.3, 0.4) is 0 Å². The molecule has 0 radical (unpaired) electrons. The summed E-state index contributed by atoms with van der Waals surface area (Å²) in [6, 6.07) is 3.27. The van der Waals surface area contributed by atoms with Crippen molar-refractivity contribution in [3.8, 4) is 0 Å². The number of rotatable bonds is 6. The molecule has 0 saturated carbocycles. The average molecular weight is 292 g/mol. The van der Waals surface area contributed by atoms with E-state index in [1.807, 2.05) is 0 Å². The largest absolute Gasteiger partial charge is 0.481 e. The second-order valence-electron chi connectivity index (χ2n) is 5.18. The molecule has 2 heterocycles. The number of anilines is 1. The Labute approximate surface area is 123 Å². The van der Waals surface area contributed by atoms with Crippen molar-refractivity contribution < 1.29 is 19.4 Å². The summed E-state index contributed by atoms with van der Waals surface area (Å²) in [7, 11) is 0. The predicted octanol–water partition coefficient (Wildman–Crippen LogP) is 2.00. The summed E-state index contributed by atoms with van der Waals surface area (Å²) in [5.41, 5.74) is 1.05. The first kappa shape index (κ1) is 15.4. The molecule has 1 aliphatic rings. The summed E-state index contributed by atoms with van der Waals surface area (Å²) in [5, 5.41) is 11.4. The topological polar surface area (TPSA) is 88.5 Å². The number of hydrogen-bond acceptors (Lipinski definition) is 4. The maximum atomic E-state index is 11.8. The maximum absolute atomic E-state index is 11.8.